The predicted molar refractivity (Wildman–Crippen MR) is 183 cm³/mol. The molecular weight excluding hydrogens is 548 g/mol. The van der Waals surface area contributed by atoms with Crippen LogP contribution in [-0.4, -0.2) is 43.7 Å². The van der Waals surface area contributed by atoms with E-state index in [-0.39, 0.29) is 5.78 Å². The van der Waals surface area contributed by atoms with Crippen molar-refractivity contribution in [2.75, 3.05) is 43.4 Å². The Balaban J connectivity index is 0.000000249. The molecule has 3 aromatic rings. The predicted octanol–water partition coefficient (Wildman–Crippen LogP) is 6.93. The van der Waals surface area contributed by atoms with Crippen molar-refractivity contribution in [3.05, 3.63) is 95.6 Å². The average molecular weight is 603 g/mol. The van der Waals surface area contributed by atoms with E-state index in [1.165, 1.54) is 24.8 Å². The summed E-state index contributed by atoms with van der Waals surface area (Å²) >= 11 is 0. The second-order valence-electron chi connectivity index (χ2n) is 12.0. The number of nitrogens with two attached hydrogens (primary N) is 2. The smallest absolute Gasteiger partial charge is 0.164 e. The highest BCUT2D eigenvalue weighted by Crippen LogP contribution is 2.30. The van der Waals surface area contributed by atoms with E-state index in [2.05, 4.69) is 29.7 Å². The first kappa shape index (κ1) is 35.3. The molecule has 1 fully saturated rings. The first-order chi connectivity index (χ1) is 21.5. The molecule has 44 heavy (non-hydrogen) atoms. The number of carbonyl (C=O) groups excluding carboxylic acids is 1. The maximum atomic E-state index is 11.8. The first-order valence-electron chi connectivity index (χ1n) is 16.4. The number of Topliss-reactive ketones (excluding diaryl/α,β-unsaturated/α-hetero) is 1. The van der Waals surface area contributed by atoms with Crippen molar-refractivity contribution in [1.82, 2.24) is 0 Å². The summed E-state index contributed by atoms with van der Waals surface area (Å²) < 4.78 is 5.69. The molecule has 0 radical (unpaired) electrons. The maximum absolute atomic E-state index is 11.8. The molecule has 7 heteroatoms. The van der Waals surface area contributed by atoms with E-state index in [0.717, 1.165) is 73.3 Å². The van der Waals surface area contributed by atoms with Crippen LogP contribution in [0.4, 0.5) is 11.4 Å². The molecule has 4 rings (SSSR count). The Bertz CT molecular complexity index is 1210. The van der Waals surface area contributed by atoms with E-state index in [1.54, 1.807) is 0 Å². The maximum Gasteiger partial charge on any atom is 0.164 e. The summed E-state index contributed by atoms with van der Waals surface area (Å²) in [6.45, 7) is 6.66. The molecule has 240 valence electrons. The number of carbonyl (C=O) groups is 1. The van der Waals surface area contributed by atoms with E-state index in [9.17, 15) is 9.90 Å². The largest absolute Gasteiger partial charge is 0.388 e. The number of ether oxygens (including phenoxy) is 1. The molecule has 7 N–H and O–H groups in total. The van der Waals surface area contributed by atoms with Gasteiger partial charge < -0.3 is 31.9 Å². The molecule has 0 heterocycles. The molecule has 0 bridgehead atoms. The van der Waals surface area contributed by atoms with Gasteiger partial charge in [-0.3, -0.25) is 4.79 Å². The fourth-order valence-corrected chi connectivity index (χ4v) is 5.53. The van der Waals surface area contributed by atoms with Crippen molar-refractivity contribution >= 4 is 17.2 Å². The van der Waals surface area contributed by atoms with Gasteiger partial charge in [0, 0.05) is 43.1 Å². The third kappa shape index (κ3) is 13.6. The van der Waals surface area contributed by atoms with E-state index in [1.807, 2.05) is 66.7 Å². The van der Waals surface area contributed by atoms with Gasteiger partial charge in [0.2, 0.25) is 0 Å². The highest BCUT2D eigenvalue weighted by Gasteiger charge is 2.20. The lowest BCUT2D eigenvalue weighted by Crippen LogP contribution is -2.12. The van der Waals surface area contributed by atoms with Gasteiger partial charge in [0.15, 0.2) is 5.78 Å². The monoisotopic (exact) mass is 602 g/mol. The Hall–Kier alpha value is -3.23. The summed E-state index contributed by atoms with van der Waals surface area (Å²) in [7, 11) is 0. The van der Waals surface area contributed by atoms with Gasteiger partial charge in [0.25, 0.3) is 0 Å². The number of aliphatic hydroxyl groups excluding tert-OH is 1. The van der Waals surface area contributed by atoms with Crippen molar-refractivity contribution < 1.29 is 14.6 Å². The fraction of sp³-hybridized carbons (Fsp3) is 0.486. The highest BCUT2D eigenvalue weighted by atomic mass is 16.5. The number of nitrogens with one attached hydrogen (secondary N) is 2. The summed E-state index contributed by atoms with van der Waals surface area (Å²) in [4.78, 5) is 11.8. The van der Waals surface area contributed by atoms with Gasteiger partial charge in [-0.05, 0) is 98.8 Å². The lowest BCUT2D eigenvalue weighted by atomic mass is 10.1. The molecule has 7 nitrogen and oxygen atoms in total. The van der Waals surface area contributed by atoms with Gasteiger partial charge in [-0.1, -0.05) is 67.9 Å². The standard InChI is InChI=1S/C21H30N2O2.C16H24N2O/c22-13-12-21(24)19-10-7-11-20(16-19)23-14-5-2-6-15-25-17-18-8-3-1-4-9-18;1-12-5-6-13(9-12)11-18-15-4-2-3-14(10-15)16(19)7-8-17/h1,3-4,7-11,16,21,23-24H,2,5-6,12-15,17,22H2;2-4,10,12-13,18H,5-9,11,17H2,1H3. The Labute approximate surface area is 264 Å². The normalized spacial score (nSPS) is 16.5. The highest BCUT2D eigenvalue weighted by molar-refractivity contribution is 5.97. The van der Waals surface area contributed by atoms with Gasteiger partial charge in [0.1, 0.15) is 0 Å². The number of unbranched alkanes of at least 4 members (excludes halogenated alkanes) is 2. The van der Waals surface area contributed by atoms with Crippen LogP contribution in [0.3, 0.4) is 0 Å². The van der Waals surface area contributed by atoms with Crippen LogP contribution in [0.15, 0.2) is 78.9 Å². The molecule has 1 saturated carbocycles. The summed E-state index contributed by atoms with van der Waals surface area (Å²) in [5, 5.41) is 16.9. The minimum atomic E-state index is -0.478. The summed E-state index contributed by atoms with van der Waals surface area (Å²) in [5.41, 5.74) is 15.9. The van der Waals surface area contributed by atoms with Crippen molar-refractivity contribution in [3.63, 3.8) is 0 Å². The second kappa shape index (κ2) is 20.7. The SMILES string of the molecule is CC1CCC(CNc2cccc(C(=O)CCN)c2)C1.NCCC(O)c1cccc(NCCCCCOCc2ccccc2)c1. The van der Waals surface area contributed by atoms with Crippen LogP contribution in [0, 0.1) is 11.8 Å². The van der Waals surface area contributed by atoms with E-state index in [0.29, 0.717) is 32.5 Å². The van der Waals surface area contributed by atoms with Crippen LogP contribution in [0.5, 0.6) is 0 Å². The molecule has 1 aliphatic rings. The van der Waals surface area contributed by atoms with Crippen LogP contribution in [-0.2, 0) is 11.3 Å². The second-order valence-corrected chi connectivity index (χ2v) is 12.0. The molecule has 0 saturated heterocycles. The lowest BCUT2D eigenvalue weighted by Gasteiger charge is -2.13. The minimum absolute atomic E-state index is 0.126. The number of hydrogen-bond acceptors (Lipinski definition) is 7. The van der Waals surface area contributed by atoms with Crippen LogP contribution >= 0.6 is 0 Å². The molecule has 0 amide bonds. The zero-order chi connectivity index (χ0) is 31.4. The van der Waals surface area contributed by atoms with Crippen LogP contribution in [0.25, 0.3) is 0 Å². The molecule has 0 spiro atoms. The molecule has 3 atom stereocenters. The Morgan fingerprint density at radius 2 is 1.68 bits per heavy atom. The topological polar surface area (TPSA) is 123 Å². The quantitative estimate of drug-likeness (QED) is 0.0790. The molecule has 3 aromatic carbocycles. The van der Waals surface area contributed by atoms with Crippen molar-refractivity contribution in [1.29, 1.82) is 0 Å². The zero-order valence-electron chi connectivity index (χ0n) is 26.6. The van der Waals surface area contributed by atoms with Gasteiger partial charge in [-0.15, -0.1) is 0 Å². The van der Waals surface area contributed by atoms with Crippen LogP contribution < -0.4 is 22.1 Å². The number of anilines is 2. The Morgan fingerprint density at radius 3 is 2.41 bits per heavy atom. The molecule has 1 aliphatic carbocycles. The van der Waals surface area contributed by atoms with Crippen molar-refractivity contribution in [3.8, 4) is 0 Å². The lowest BCUT2D eigenvalue weighted by molar-refractivity contribution is 0.0985. The molecule has 0 aromatic heterocycles. The molecule has 3 unspecified atom stereocenters. The van der Waals surface area contributed by atoms with Crippen molar-refractivity contribution in [2.45, 2.75) is 71.0 Å². The van der Waals surface area contributed by atoms with E-state index < -0.39 is 6.10 Å². The van der Waals surface area contributed by atoms with Crippen molar-refractivity contribution in [2.24, 2.45) is 23.3 Å². The third-order valence-corrected chi connectivity index (χ3v) is 8.07. The van der Waals surface area contributed by atoms with Gasteiger partial charge in [-0.2, -0.15) is 0 Å². The third-order valence-electron chi connectivity index (χ3n) is 8.07. The number of aliphatic hydroxyl groups is 1. The number of hydrogen-bond donors (Lipinski definition) is 5. The Morgan fingerprint density at radius 1 is 0.909 bits per heavy atom. The Kier molecular flexibility index (Phi) is 16.6. The average Bonchev–Trinajstić information content (AvgIpc) is 3.47. The number of ketones is 1. The fourth-order valence-electron chi connectivity index (χ4n) is 5.53. The molecule has 0 aliphatic heterocycles. The first-order valence-corrected chi connectivity index (χ1v) is 16.4. The number of benzene rings is 3. The number of rotatable bonds is 18. The minimum Gasteiger partial charge on any atom is -0.388 e. The summed E-state index contributed by atoms with van der Waals surface area (Å²) in [5.74, 6) is 1.77. The van der Waals surface area contributed by atoms with Crippen LogP contribution in [0.2, 0.25) is 0 Å². The molecular formula is C37H54N4O3. The van der Waals surface area contributed by atoms with E-state index >= 15 is 0 Å². The zero-order valence-corrected chi connectivity index (χ0v) is 26.6. The van der Waals surface area contributed by atoms with Gasteiger partial charge in [-0.25, -0.2) is 0 Å². The summed E-state index contributed by atoms with van der Waals surface area (Å²) in [6, 6.07) is 26.0. The van der Waals surface area contributed by atoms with Gasteiger partial charge >= 0.3 is 0 Å². The van der Waals surface area contributed by atoms with E-state index in [4.69, 9.17) is 16.2 Å². The van der Waals surface area contributed by atoms with Crippen LogP contribution in [0.1, 0.15) is 85.9 Å². The van der Waals surface area contributed by atoms with Gasteiger partial charge in [0.05, 0.1) is 12.7 Å². The summed E-state index contributed by atoms with van der Waals surface area (Å²) in [6.07, 6.45) is 7.83.